The summed E-state index contributed by atoms with van der Waals surface area (Å²) in [5.41, 5.74) is 0. The zero-order chi connectivity index (χ0) is 11.4. The van der Waals surface area contributed by atoms with Crippen molar-refractivity contribution >= 4 is 25.2 Å². The maximum absolute atomic E-state index is 4.17. The number of halogens is 1. The Labute approximate surface area is 111 Å². The molecule has 1 heteroatoms. The van der Waals surface area contributed by atoms with Gasteiger partial charge in [-0.3, -0.25) is 0 Å². The molecule has 0 saturated heterocycles. The van der Waals surface area contributed by atoms with Gasteiger partial charge in [-0.15, -0.1) is 20.7 Å². The lowest BCUT2D eigenvalue weighted by molar-refractivity contribution is 0.221. The highest BCUT2D eigenvalue weighted by Gasteiger charge is 2.25. The highest BCUT2D eigenvalue weighted by Crippen LogP contribution is 2.38. The normalized spacial score (nSPS) is 40.8. The topological polar surface area (TPSA) is 0 Å². The minimum atomic E-state index is 0.290. The standard InChI is InChI=1S/C15H27I/c1-12-3-5-13(6-4-12)11-14-7-9-15(16-2)10-8-14/h12-15H,2-11H2,1H3. The summed E-state index contributed by atoms with van der Waals surface area (Å²) >= 11 is 0.290. The molecule has 0 aliphatic heterocycles. The molecule has 0 aromatic carbocycles. The molecule has 2 saturated carbocycles. The predicted octanol–water partition coefficient (Wildman–Crippen LogP) is 5.16. The minimum Gasteiger partial charge on any atom is -0.127 e. The van der Waals surface area contributed by atoms with Crippen LogP contribution in [0, 0.1) is 17.8 Å². The fraction of sp³-hybridized carbons (Fsp3) is 0.933. The number of alkyl halides is 1. The van der Waals surface area contributed by atoms with Crippen molar-refractivity contribution in [1.82, 2.24) is 0 Å². The van der Waals surface area contributed by atoms with E-state index in [9.17, 15) is 0 Å². The van der Waals surface area contributed by atoms with Gasteiger partial charge in [-0.05, 0) is 49.9 Å². The van der Waals surface area contributed by atoms with Gasteiger partial charge in [0, 0.05) is 3.92 Å². The van der Waals surface area contributed by atoms with Crippen molar-refractivity contribution in [2.75, 3.05) is 0 Å². The maximum Gasteiger partial charge on any atom is 0.00570 e. The first-order valence-electron chi connectivity index (χ1n) is 7.15. The van der Waals surface area contributed by atoms with Crippen LogP contribution in [0.2, 0.25) is 0 Å². The first-order valence-corrected chi connectivity index (χ1v) is 9.92. The van der Waals surface area contributed by atoms with E-state index in [0.717, 1.165) is 21.7 Å². The highest BCUT2D eigenvalue weighted by atomic mass is 127. The Kier molecular flexibility index (Phi) is 5.31. The van der Waals surface area contributed by atoms with Gasteiger partial charge >= 0.3 is 0 Å². The molecule has 2 aliphatic rings. The van der Waals surface area contributed by atoms with E-state index >= 15 is 0 Å². The van der Waals surface area contributed by atoms with Gasteiger partial charge in [-0.2, -0.15) is 0 Å². The molecule has 0 N–H and O–H groups in total. The fourth-order valence-electron chi connectivity index (χ4n) is 3.55. The van der Waals surface area contributed by atoms with Crippen LogP contribution in [0.25, 0.3) is 0 Å². The third kappa shape index (κ3) is 3.82. The average Bonchev–Trinajstić information content (AvgIpc) is 2.33. The SMILES string of the molecule is C=IC1CCC(CC2CCC(C)CC2)CC1. The highest BCUT2D eigenvalue weighted by molar-refractivity contribution is 14.2. The fourth-order valence-corrected chi connectivity index (χ4v) is 5.15. The molecule has 94 valence electrons. The quantitative estimate of drug-likeness (QED) is 0.494. The van der Waals surface area contributed by atoms with Crippen molar-refractivity contribution < 1.29 is 0 Å². The van der Waals surface area contributed by atoms with Gasteiger partial charge in [0.15, 0.2) is 0 Å². The Morgan fingerprint density at radius 2 is 1.38 bits per heavy atom. The zero-order valence-electron chi connectivity index (χ0n) is 10.8. The van der Waals surface area contributed by atoms with E-state index in [1.807, 2.05) is 0 Å². The third-order valence-electron chi connectivity index (χ3n) is 4.80. The van der Waals surface area contributed by atoms with Crippen molar-refractivity contribution in [3.05, 3.63) is 0 Å². The summed E-state index contributed by atoms with van der Waals surface area (Å²) in [7, 11) is 0. The van der Waals surface area contributed by atoms with Gasteiger partial charge in [-0.1, -0.05) is 37.1 Å². The van der Waals surface area contributed by atoms with E-state index in [1.54, 1.807) is 6.42 Å². The van der Waals surface area contributed by atoms with Crippen LogP contribution in [-0.2, 0) is 0 Å². The first kappa shape index (κ1) is 13.0. The number of rotatable bonds is 3. The summed E-state index contributed by atoms with van der Waals surface area (Å²) in [5, 5.41) is 0. The smallest absolute Gasteiger partial charge is 0.00570 e. The molecule has 2 rings (SSSR count). The molecule has 0 radical (unpaired) electrons. The van der Waals surface area contributed by atoms with Gasteiger partial charge in [0.1, 0.15) is 0 Å². The molecule has 0 unspecified atom stereocenters. The van der Waals surface area contributed by atoms with Gasteiger partial charge < -0.3 is 0 Å². The van der Waals surface area contributed by atoms with Crippen molar-refractivity contribution in [2.24, 2.45) is 17.8 Å². The van der Waals surface area contributed by atoms with Crippen LogP contribution in [-0.4, -0.2) is 8.44 Å². The monoisotopic (exact) mass is 334 g/mol. The van der Waals surface area contributed by atoms with E-state index in [-0.39, 0.29) is 0 Å². The van der Waals surface area contributed by atoms with Gasteiger partial charge in [0.05, 0.1) is 0 Å². The van der Waals surface area contributed by atoms with Crippen LogP contribution in [0.1, 0.15) is 64.7 Å². The number of hydrogen-bond acceptors (Lipinski definition) is 0. The summed E-state index contributed by atoms with van der Waals surface area (Å²) in [6.07, 6.45) is 13.7. The Balaban J connectivity index is 1.68. The summed E-state index contributed by atoms with van der Waals surface area (Å²) in [5.74, 6) is 3.19. The Hall–Kier alpha value is 0.600. The largest absolute Gasteiger partial charge is 0.127 e. The second kappa shape index (κ2) is 6.51. The summed E-state index contributed by atoms with van der Waals surface area (Å²) in [4.78, 5) is 0. The molecule has 0 amide bonds. The molecule has 0 atom stereocenters. The second-order valence-electron chi connectivity index (χ2n) is 6.13. The Morgan fingerprint density at radius 3 is 1.88 bits per heavy atom. The van der Waals surface area contributed by atoms with E-state index in [4.69, 9.17) is 0 Å². The molecule has 0 aromatic heterocycles. The number of hydrogen-bond donors (Lipinski definition) is 0. The van der Waals surface area contributed by atoms with Gasteiger partial charge in [-0.25, -0.2) is 0 Å². The molecule has 0 spiro atoms. The molecule has 0 nitrogen and oxygen atoms in total. The summed E-state index contributed by atoms with van der Waals surface area (Å²) < 4.78 is 5.24. The molecule has 2 fully saturated rings. The Bertz CT molecular complexity index is 207. The second-order valence-corrected chi connectivity index (χ2v) is 8.78. The van der Waals surface area contributed by atoms with Crippen LogP contribution < -0.4 is 0 Å². The van der Waals surface area contributed by atoms with E-state index < -0.39 is 0 Å². The van der Waals surface area contributed by atoms with E-state index in [2.05, 4.69) is 11.4 Å². The third-order valence-corrected chi connectivity index (χ3v) is 7.29. The van der Waals surface area contributed by atoms with Crippen molar-refractivity contribution in [2.45, 2.75) is 68.6 Å². The predicted molar refractivity (Wildman–Crippen MR) is 82.6 cm³/mol. The molecular formula is C15H27I. The molecule has 0 bridgehead atoms. The summed E-state index contributed by atoms with van der Waals surface area (Å²) in [6.45, 7) is 2.43. The van der Waals surface area contributed by atoms with Crippen molar-refractivity contribution in [3.8, 4) is 0 Å². The van der Waals surface area contributed by atoms with Crippen LogP contribution in [0.15, 0.2) is 0 Å². The molecule has 0 aromatic rings. The van der Waals surface area contributed by atoms with Crippen LogP contribution >= 0.6 is 20.7 Å². The molecule has 0 heterocycles. The van der Waals surface area contributed by atoms with E-state index in [0.29, 0.717) is 20.7 Å². The lowest BCUT2D eigenvalue weighted by Crippen LogP contribution is -2.20. The summed E-state index contributed by atoms with van der Waals surface area (Å²) in [6, 6.07) is 0. The average molecular weight is 334 g/mol. The van der Waals surface area contributed by atoms with Crippen LogP contribution in [0.4, 0.5) is 0 Å². The van der Waals surface area contributed by atoms with Crippen molar-refractivity contribution in [1.29, 1.82) is 0 Å². The van der Waals surface area contributed by atoms with Gasteiger partial charge in [0.2, 0.25) is 0 Å². The zero-order valence-corrected chi connectivity index (χ0v) is 12.9. The van der Waals surface area contributed by atoms with Crippen molar-refractivity contribution in [3.63, 3.8) is 0 Å². The molecule has 16 heavy (non-hydrogen) atoms. The maximum atomic E-state index is 4.17. The lowest BCUT2D eigenvalue weighted by atomic mass is 9.75. The molecule has 2 aliphatic carbocycles. The van der Waals surface area contributed by atoms with E-state index in [1.165, 1.54) is 51.4 Å². The van der Waals surface area contributed by atoms with Crippen LogP contribution in [0.3, 0.4) is 0 Å². The first-order chi connectivity index (χ1) is 7.78. The Morgan fingerprint density at radius 1 is 0.875 bits per heavy atom. The lowest BCUT2D eigenvalue weighted by Gasteiger charge is -2.32. The van der Waals surface area contributed by atoms with Crippen LogP contribution in [0.5, 0.6) is 0 Å². The molecular weight excluding hydrogens is 307 g/mol. The van der Waals surface area contributed by atoms with Gasteiger partial charge in [0.25, 0.3) is 0 Å². The minimum absolute atomic E-state index is 0.290.